The molecule has 0 saturated carbocycles. The molecule has 1 aromatic heterocycles. The molecular formula is C31H36F4N8O3. The van der Waals surface area contributed by atoms with Gasteiger partial charge in [0, 0.05) is 63.6 Å². The van der Waals surface area contributed by atoms with Crippen molar-refractivity contribution in [3.05, 3.63) is 59.3 Å². The topological polar surface area (TPSA) is 115 Å². The van der Waals surface area contributed by atoms with E-state index >= 15 is 0 Å². The number of fused-ring (bicyclic) bond motifs is 1. The maximum atomic E-state index is 14.0. The lowest BCUT2D eigenvalue weighted by molar-refractivity contribution is -0.137. The molecule has 1 unspecified atom stereocenters. The van der Waals surface area contributed by atoms with Gasteiger partial charge < -0.3 is 35.4 Å². The van der Waals surface area contributed by atoms with Crippen molar-refractivity contribution >= 4 is 40.6 Å². The number of carbonyl (C=O) groups excluding carboxylic acids is 2. The molecule has 46 heavy (non-hydrogen) atoms. The fourth-order valence-electron chi connectivity index (χ4n) is 5.55. The van der Waals surface area contributed by atoms with E-state index in [1.165, 1.54) is 18.1 Å². The molecule has 2 aliphatic heterocycles. The summed E-state index contributed by atoms with van der Waals surface area (Å²) in [6, 6.07) is 9.13. The van der Waals surface area contributed by atoms with Crippen LogP contribution in [0, 0.1) is 0 Å². The van der Waals surface area contributed by atoms with E-state index in [1.54, 1.807) is 37.3 Å². The zero-order chi connectivity index (χ0) is 33.0. The van der Waals surface area contributed by atoms with Gasteiger partial charge >= 0.3 is 6.18 Å². The fourth-order valence-corrected chi connectivity index (χ4v) is 5.55. The first-order valence-corrected chi connectivity index (χ1v) is 14.9. The Morgan fingerprint density at radius 3 is 2.52 bits per heavy atom. The zero-order valence-corrected chi connectivity index (χ0v) is 25.7. The number of piperazine rings is 1. The van der Waals surface area contributed by atoms with Crippen LogP contribution < -0.4 is 20.7 Å². The summed E-state index contributed by atoms with van der Waals surface area (Å²) in [5, 5.41) is 8.41. The highest BCUT2D eigenvalue weighted by Crippen LogP contribution is 2.41. The van der Waals surface area contributed by atoms with Gasteiger partial charge in [0.05, 0.1) is 30.1 Å². The molecule has 1 saturated heterocycles. The van der Waals surface area contributed by atoms with E-state index in [0.717, 1.165) is 26.2 Å². The van der Waals surface area contributed by atoms with Crippen molar-refractivity contribution in [2.75, 3.05) is 76.1 Å². The largest absolute Gasteiger partial charge is 0.494 e. The molecule has 1 atom stereocenters. The van der Waals surface area contributed by atoms with Gasteiger partial charge in [0.25, 0.3) is 5.91 Å². The summed E-state index contributed by atoms with van der Waals surface area (Å²) in [7, 11) is 3.49. The second-order valence-electron chi connectivity index (χ2n) is 11.2. The minimum Gasteiger partial charge on any atom is -0.494 e. The Morgan fingerprint density at radius 1 is 1.07 bits per heavy atom. The second kappa shape index (κ2) is 13.9. The first-order valence-electron chi connectivity index (χ1n) is 14.9. The van der Waals surface area contributed by atoms with Crippen LogP contribution in [0.1, 0.15) is 40.9 Å². The fraction of sp³-hybridized carbons (Fsp3) is 0.419. The van der Waals surface area contributed by atoms with Crippen molar-refractivity contribution in [3.8, 4) is 5.75 Å². The number of methoxy groups -OCH3 is 1. The van der Waals surface area contributed by atoms with Crippen molar-refractivity contribution in [1.82, 2.24) is 24.7 Å². The molecule has 2 aliphatic rings. The van der Waals surface area contributed by atoms with Crippen molar-refractivity contribution in [2.24, 2.45) is 0 Å². The van der Waals surface area contributed by atoms with Crippen LogP contribution in [0.5, 0.6) is 5.75 Å². The normalized spacial score (nSPS) is 17.2. The number of hydrogen-bond acceptors (Lipinski definition) is 9. The Morgan fingerprint density at radius 2 is 1.83 bits per heavy atom. The smallest absolute Gasteiger partial charge is 0.421 e. The number of alkyl halides is 4. The maximum Gasteiger partial charge on any atom is 0.421 e. The Bertz CT molecular complexity index is 1580. The summed E-state index contributed by atoms with van der Waals surface area (Å²) >= 11 is 0. The van der Waals surface area contributed by atoms with E-state index in [-0.39, 0.29) is 29.7 Å². The van der Waals surface area contributed by atoms with Crippen LogP contribution in [0.3, 0.4) is 0 Å². The van der Waals surface area contributed by atoms with Gasteiger partial charge in [-0.25, -0.2) is 9.37 Å². The molecule has 2 aromatic carbocycles. The lowest BCUT2D eigenvalue weighted by Crippen LogP contribution is -2.45. The van der Waals surface area contributed by atoms with Crippen LogP contribution in [0.25, 0.3) is 0 Å². The van der Waals surface area contributed by atoms with Crippen molar-refractivity contribution in [1.29, 1.82) is 0 Å². The minimum absolute atomic E-state index is 0.108. The van der Waals surface area contributed by atoms with Gasteiger partial charge in [-0.15, -0.1) is 0 Å². The molecule has 15 heteroatoms. The van der Waals surface area contributed by atoms with Crippen molar-refractivity contribution in [3.63, 3.8) is 0 Å². The predicted molar refractivity (Wildman–Crippen MR) is 166 cm³/mol. The molecule has 0 bridgehead atoms. The number of aromatic nitrogens is 2. The van der Waals surface area contributed by atoms with Crippen molar-refractivity contribution < 1.29 is 31.9 Å². The van der Waals surface area contributed by atoms with Crippen LogP contribution in [-0.4, -0.2) is 96.6 Å². The van der Waals surface area contributed by atoms with Crippen LogP contribution in [0.15, 0.2) is 42.6 Å². The molecule has 2 amide bonds. The second-order valence-corrected chi connectivity index (χ2v) is 11.2. The Labute approximate surface area is 263 Å². The Kier molecular flexibility index (Phi) is 9.91. The van der Waals surface area contributed by atoms with Gasteiger partial charge in [-0.05, 0) is 37.7 Å². The zero-order valence-electron chi connectivity index (χ0n) is 25.7. The van der Waals surface area contributed by atoms with Gasteiger partial charge in [0.2, 0.25) is 11.9 Å². The molecule has 1 fully saturated rings. The number of hydrogen-bond donors (Lipinski definition) is 3. The summed E-state index contributed by atoms with van der Waals surface area (Å²) < 4.78 is 60.6. The summed E-state index contributed by atoms with van der Waals surface area (Å²) in [5.41, 5.74) is 0.524. The van der Waals surface area contributed by atoms with Gasteiger partial charge in [-0.2, -0.15) is 18.2 Å². The summed E-state index contributed by atoms with van der Waals surface area (Å²) in [5.74, 6) is -1.10. The molecule has 5 rings (SSSR count). The number of rotatable bonds is 11. The van der Waals surface area contributed by atoms with E-state index in [9.17, 15) is 27.2 Å². The maximum absolute atomic E-state index is 14.0. The molecule has 0 spiro atoms. The number of nitrogens with one attached hydrogen (secondary N) is 3. The molecule has 0 radical (unpaired) electrons. The first kappa shape index (κ1) is 32.9. The van der Waals surface area contributed by atoms with E-state index in [4.69, 9.17) is 4.74 Å². The molecular weight excluding hydrogens is 608 g/mol. The SMILES string of the molecule is COc1cc(NC(=O)CCN2CCN(C)CC2)ccc1Nc1ncc(C(F)(F)F)c(Nc2cccc3c2C(=O)N(CCF)C3C)n1. The highest BCUT2D eigenvalue weighted by atomic mass is 19.4. The quantitative estimate of drug-likeness (QED) is 0.247. The molecule has 11 nitrogen and oxygen atoms in total. The van der Waals surface area contributed by atoms with E-state index in [2.05, 4.69) is 42.8 Å². The Hall–Kier alpha value is -4.50. The lowest BCUT2D eigenvalue weighted by atomic mass is 10.0. The van der Waals surface area contributed by atoms with Crippen molar-refractivity contribution in [2.45, 2.75) is 25.6 Å². The van der Waals surface area contributed by atoms with Gasteiger partial charge in [-0.3, -0.25) is 9.59 Å². The average Bonchev–Trinajstić information content (AvgIpc) is 3.26. The molecule has 3 heterocycles. The van der Waals surface area contributed by atoms with E-state index < -0.39 is 36.2 Å². The summed E-state index contributed by atoms with van der Waals surface area (Å²) in [6.45, 7) is 5.23. The molecule has 3 aromatic rings. The minimum atomic E-state index is -4.81. The van der Waals surface area contributed by atoms with E-state index in [0.29, 0.717) is 41.9 Å². The lowest BCUT2D eigenvalue weighted by Gasteiger charge is -2.32. The molecule has 246 valence electrons. The number of halogens is 4. The number of benzene rings is 2. The van der Waals surface area contributed by atoms with E-state index in [1.807, 2.05) is 0 Å². The molecule has 0 aliphatic carbocycles. The monoisotopic (exact) mass is 644 g/mol. The average molecular weight is 645 g/mol. The summed E-state index contributed by atoms with van der Waals surface area (Å²) in [4.78, 5) is 39.5. The predicted octanol–water partition coefficient (Wildman–Crippen LogP) is 5.05. The van der Waals surface area contributed by atoms with Crippen LogP contribution in [0.4, 0.5) is 46.4 Å². The van der Waals surface area contributed by atoms with Crippen LogP contribution >= 0.6 is 0 Å². The number of ether oxygens (including phenoxy) is 1. The van der Waals surface area contributed by atoms with Gasteiger partial charge in [-0.1, -0.05) is 12.1 Å². The first-order chi connectivity index (χ1) is 22.0. The third-order valence-corrected chi connectivity index (χ3v) is 8.14. The number of likely N-dealkylation sites (N-methyl/N-ethyl adjacent to an activating group) is 1. The third kappa shape index (κ3) is 7.31. The highest BCUT2D eigenvalue weighted by molar-refractivity contribution is 6.04. The third-order valence-electron chi connectivity index (χ3n) is 8.14. The van der Waals surface area contributed by atoms with Gasteiger partial charge in [0.1, 0.15) is 23.8 Å². The standard InChI is InChI=1S/C31H36F4N8O3/c1-19-21-5-4-6-24(27(21)29(45)43(19)12-10-32)38-28-22(31(33,34)35)18-36-30(40-28)39-23-8-7-20(17-25(23)46-3)37-26(44)9-11-42-15-13-41(2)14-16-42/h4-8,17-19H,9-16H2,1-3H3,(H,37,44)(H2,36,38,39,40). The number of amides is 2. The van der Waals surface area contributed by atoms with Crippen LogP contribution in [-0.2, 0) is 11.0 Å². The number of carbonyl (C=O) groups is 2. The summed E-state index contributed by atoms with van der Waals surface area (Å²) in [6.07, 6.45) is -3.84. The molecule has 3 N–H and O–H groups in total. The number of nitrogens with zero attached hydrogens (tertiary/aromatic N) is 5. The Balaban J connectivity index is 1.33. The van der Waals surface area contributed by atoms with Gasteiger partial charge in [0.15, 0.2) is 0 Å². The highest BCUT2D eigenvalue weighted by Gasteiger charge is 2.38. The van der Waals surface area contributed by atoms with Crippen LogP contribution in [0.2, 0.25) is 0 Å². The number of anilines is 5.